The maximum atomic E-state index is 13.5. The lowest BCUT2D eigenvalue weighted by molar-refractivity contribution is -0.305. The molecule has 0 bridgehead atoms. The molecular formula is C74H131NO10. The monoisotopic (exact) mass is 1190 g/mol. The van der Waals surface area contributed by atoms with Gasteiger partial charge >= 0.3 is 5.97 Å². The number of aliphatic hydroxyl groups is 5. The van der Waals surface area contributed by atoms with Crippen molar-refractivity contribution in [1.82, 2.24) is 5.32 Å². The van der Waals surface area contributed by atoms with Crippen LogP contribution in [-0.2, 0) is 23.8 Å². The number of rotatable bonds is 60. The van der Waals surface area contributed by atoms with Crippen molar-refractivity contribution in [2.24, 2.45) is 0 Å². The molecule has 492 valence electrons. The highest BCUT2D eigenvalue weighted by atomic mass is 16.7. The van der Waals surface area contributed by atoms with Crippen LogP contribution in [0.25, 0.3) is 0 Å². The van der Waals surface area contributed by atoms with Crippen LogP contribution in [0.5, 0.6) is 0 Å². The zero-order valence-corrected chi connectivity index (χ0v) is 54.7. The Bertz CT molecular complexity index is 1710. The second-order valence-corrected chi connectivity index (χ2v) is 24.2. The first kappa shape index (κ1) is 79.9. The van der Waals surface area contributed by atoms with E-state index in [-0.39, 0.29) is 13.0 Å². The quantitative estimate of drug-likeness (QED) is 0.0195. The third-order valence-electron chi connectivity index (χ3n) is 16.3. The number of amides is 1. The number of carbonyl (C=O) groups is 2. The topological polar surface area (TPSA) is 175 Å². The Labute approximate surface area is 521 Å². The molecule has 1 aliphatic rings. The molecule has 1 amide bonds. The van der Waals surface area contributed by atoms with E-state index in [4.69, 9.17) is 14.2 Å². The van der Waals surface area contributed by atoms with E-state index in [1.165, 1.54) is 148 Å². The van der Waals surface area contributed by atoms with Crippen LogP contribution < -0.4 is 5.32 Å². The van der Waals surface area contributed by atoms with Crippen LogP contribution in [0.1, 0.15) is 310 Å². The van der Waals surface area contributed by atoms with E-state index in [2.05, 4.69) is 99.0 Å². The summed E-state index contributed by atoms with van der Waals surface area (Å²) in [6.45, 7) is 5.69. The molecule has 0 spiro atoms. The molecule has 1 fully saturated rings. The van der Waals surface area contributed by atoms with Crippen molar-refractivity contribution in [2.75, 3.05) is 13.2 Å². The average Bonchev–Trinajstić information content (AvgIpc) is 2.90. The van der Waals surface area contributed by atoms with Gasteiger partial charge in [0.15, 0.2) is 12.4 Å². The summed E-state index contributed by atoms with van der Waals surface area (Å²) in [5, 5.41) is 57.2. The molecule has 0 aromatic heterocycles. The van der Waals surface area contributed by atoms with Crippen LogP contribution in [0.3, 0.4) is 0 Å². The van der Waals surface area contributed by atoms with Gasteiger partial charge in [0, 0.05) is 6.42 Å². The van der Waals surface area contributed by atoms with Crippen LogP contribution in [0.15, 0.2) is 85.1 Å². The number of allylic oxidation sites excluding steroid dienone is 13. The molecule has 1 heterocycles. The Hall–Kier alpha value is -3.16. The minimum atomic E-state index is -1.62. The molecule has 1 saturated heterocycles. The van der Waals surface area contributed by atoms with Gasteiger partial charge in [0.1, 0.15) is 24.4 Å². The maximum absolute atomic E-state index is 13.5. The van der Waals surface area contributed by atoms with Gasteiger partial charge in [0.05, 0.1) is 25.4 Å². The molecule has 11 nitrogen and oxygen atoms in total. The Morgan fingerprint density at radius 1 is 0.471 bits per heavy atom. The number of aliphatic hydroxyl groups excluding tert-OH is 5. The second-order valence-electron chi connectivity index (χ2n) is 24.2. The number of hydrogen-bond acceptors (Lipinski definition) is 10. The van der Waals surface area contributed by atoms with Crippen LogP contribution in [-0.4, -0.2) is 99.6 Å². The number of esters is 1. The number of hydrogen-bond donors (Lipinski definition) is 6. The van der Waals surface area contributed by atoms with E-state index in [9.17, 15) is 35.1 Å². The van der Waals surface area contributed by atoms with E-state index >= 15 is 0 Å². The normalized spacial score (nSPS) is 18.9. The first-order valence-corrected chi connectivity index (χ1v) is 35.4. The van der Waals surface area contributed by atoms with E-state index in [1.54, 1.807) is 6.08 Å². The third-order valence-corrected chi connectivity index (χ3v) is 16.3. The molecule has 8 unspecified atom stereocenters. The van der Waals surface area contributed by atoms with Gasteiger partial charge < -0.3 is 45.1 Å². The minimum absolute atomic E-state index is 0.104. The molecule has 1 aliphatic heterocycles. The fraction of sp³-hybridized carbons (Fsp3) is 0.784. The molecule has 8 atom stereocenters. The van der Waals surface area contributed by atoms with Gasteiger partial charge in [0.2, 0.25) is 5.91 Å². The Balaban J connectivity index is 2.57. The lowest BCUT2D eigenvalue weighted by Crippen LogP contribution is -2.61. The summed E-state index contributed by atoms with van der Waals surface area (Å²) in [5.74, 6) is -1.20. The second kappa shape index (κ2) is 61.1. The van der Waals surface area contributed by atoms with Crippen molar-refractivity contribution >= 4 is 11.9 Å². The van der Waals surface area contributed by atoms with Crippen molar-refractivity contribution < 1.29 is 49.3 Å². The van der Waals surface area contributed by atoms with Gasteiger partial charge in [-0.05, 0) is 77.0 Å². The molecule has 0 aliphatic carbocycles. The first-order valence-electron chi connectivity index (χ1n) is 35.4. The molecule has 0 radical (unpaired) electrons. The Kier molecular flexibility index (Phi) is 57.4. The summed E-state index contributed by atoms with van der Waals surface area (Å²) in [6, 6.07) is -1.03. The van der Waals surface area contributed by atoms with Crippen molar-refractivity contribution in [1.29, 1.82) is 0 Å². The molecule has 6 N–H and O–H groups in total. The van der Waals surface area contributed by atoms with E-state index < -0.39 is 67.4 Å². The van der Waals surface area contributed by atoms with Gasteiger partial charge in [-0.25, -0.2) is 0 Å². The molecule has 0 saturated carbocycles. The minimum Gasteiger partial charge on any atom is -0.454 e. The van der Waals surface area contributed by atoms with E-state index in [0.29, 0.717) is 19.3 Å². The molecule has 11 heteroatoms. The SMILES string of the molecule is CC/C=C\C/C=C\C/C=C\C/C=C\C/C=C\C/C=C\CCCCCCCCC(=O)OC1C(OCC(NC(=O)C(O)CCCCCCCCCCCCCCCCCCCCCC)C(O)/C=C/CCCCCCCCCCC)OC(CO)C(O)C1O. The summed E-state index contributed by atoms with van der Waals surface area (Å²) in [6.07, 6.45) is 70.5. The summed E-state index contributed by atoms with van der Waals surface area (Å²) >= 11 is 0. The maximum Gasteiger partial charge on any atom is 0.306 e. The van der Waals surface area contributed by atoms with Crippen molar-refractivity contribution in [3.63, 3.8) is 0 Å². The zero-order valence-electron chi connectivity index (χ0n) is 54.7. The van der Waals surface area contributed by atoms with Crippen molar-refractivity contribution in [3.05, 3.63) is 85.1 Å². The van der Waals surface area contributed by atoms with Gasteiger partial charge in [-0.3, -0.25) is 9.59 Å². The molecule has 1 rings (SSSR count). The van der Waals surface area contributed by atoms with Gasteiger partial charge in [-0.15, -0.1) is 0 Å². The number of nitrogens with one attached hydrogen (secondary N) is 1. The molecule has 0 aromatic carbocycles. The largest absolute Gasteiger partial charge is 0.454 e. The summed E-state index contributed by atoms with van der Waals surface area (Å²) in [7, 11) is 0. The fourth-order valence-electron chi connectivity index (χ4n) is 10.8. The zero-order chi connectivity index (χ0) is 61.7. The number of carbonyl (C=O) groups excluding carboxylic acids is 2. The smallest absolute Gasteiger partial charge is 0.306 e. The predicted octanol–water partition coefficient (Wildman–Crippen LogP) is 18.1. The first-order chi connectivity index (χ1) is 41.7. The standard InChI is InChI=1S/C74H131NO10/c1-4-7-10-13-16-19-22-24-26-28-30-32-33-34-35-36-38-40-42-44-47-50-53-56-59-62-69(79)85-72-71(81)70(80)68(63-76)84-74(72)83-64-65(66(77)60-57-54-51-48-45-21-18-15-12-9-6-3)75-73(82)67(78)61-58-55-52-49-46-43-41-39-37-31-29-27-25-23-20-17-14-11-8-5-2/h7,10,16,19,24,26,30,32,34-35,38,40,57,60,65-68,70-72,74,76-78,80-81H,4-6,8-9,11-15,17-18,20-23,25,27-29,31,33,36-37,39,41-56,58-59,61-64H2,1-3H3,(H,75,82)/b10-7-,19-16-,26-24-,32-30-,35-34-,40-38-,60-57+. The average molecular weight is 1190 g/mol. The lowest BCUT2D eigenvalue weighted by Gasteiger charge is -2.41. The molecule has 0 aromatic rings. The molecule has 85 heavy (non-hydrogen) atoms. The molecular weight excluding hydrogens is 1060 g/mol. The highest BCUT2D eigenvalue weighted by Gasteiger charge is 2.47. The summed E-state index contributed by atoms with van der Waals surface area (Å²) < 4.78 is 17.7. The van der Waals surface area contributed by atoms with Gasteiger partial charge in [-0.2, -0.15) is 0 Å². The Morgan fingerprint density at radius 3 is 1.27 bits per heavy atom. The Morgan fingerprint density at radius 2 is 0.847 bits per heavy atom. The van der Waals surface area contributed by atoms with Crippen LogP contribution in [0.2, 0.25) is 0 Å². The van der Waals surface area contributed by atoms with Crippen LogP contribution in [0, 0.1) is 0 Å². The fourth-order valence-corrected chi connectivity index (χ4v) is 10.8. The highest BCUT2D eigenvalue weighted by Crippen LogP contribution is 2.26. The highest BCUT2D eigenvalue weighted by molar-refractivity contribution is 5.80. The third kappa shape index (κ3) is 48.4. The van der Waals surface area contributed by atoms with E-state index in [1.807, 2.05) is 6.08 Å². The van der Waals surface area contributed by atoms with Crippen LogP contribution in [0.4, 0.5) is 0 Å². The predicted molar refractivity (Wildman–Crippen MR) is 356 cm³/mol. The van der Waals surface area contributed by atoms with Crippen molar-refractivity contribution in [2.45, 2.75) is 359 Å². The van der Waals surface area contributed by atoms with Crippen molar-refractivity contribution in [3.8, 4) is 0 Å². The van der Waals surface area contributed by atoms with Crippen LogP contribution >= 0.6 is 0 Å². The lowest BCUT2D eigenvalue weighted by atomic mass is 9.99. The summed E-state index contributed by atoms with van der Waals surface area (Å²) in [5.41, 5.74) is 0. The summed E-state index contributed by atoms with van der Waals surface area (Å²) in [4.78, 5) is 26.7. The number of ether oxygens (including phenoxy) is 3. The van der Waals surface area contributed by atoms with Gasteiger partial charge in [-0.1, -0.05) is 311 Å². The van der Waals surface area contributed by atoms with Gasteiger partial charge in [0.25, 0.3) is 0 Å². The number of unbranched alkanes of at least 4 members (excludes halogenated alkanes) is 34. The van der Waals surface area contributed by atoms with E-state index in [0.717, 1.165) is 116 Å².